The molecule has 0 bridgehead atoms. The molecule has 4 aromatic rings. The lowest BCUT2D eigenvalue weighted by molar-refractivity contribution is -0.137. The van der Waals surface area contributed by atoms with E-state index in [0.717, 1.165) is 34.2 Å². The zero-order valence-electron chi connectivity index (χ0n) is 15.3. The van der Waals surface area contributed by atoms with Crippen LogP contribution in [0.3, 0.4) is 0 Å². The standard InChI is InChI=1S/C19H13ClF3N5OS/c1-29-12-5-2-10(3-6-12)14-9-30-18(25-14)16-17(24)28(27-26-16)15-8-11(19(21,22)23)4-7-13(15)20/h2-9H,24H2,1H3. The lowest BCUT2D eigenvalue weighted by atomic mass is 10.2. The van der Waals surface area contributed by atoms with Crippen LogP contribution in [0.25, 0.3) is 27.6 Å². The van der Waals surface area contributed by atoms with Gasteiger partial charge in [-0.05, 0) is 42.5 Å². The third-order valence-electron chi connectivity index (χ3n) is 4.30. The average molecular weight is 452 g/mol. The van der Waals surface area contributed by atoms with Gasteiger partial charge in [-0.2, -0.15) is 17.9 Å². The summed E-state index contributed by atoms with van der Waals surface area (Å²) < 4.78 is 45.4. The van der Waals surface area contributed by atoms with Gasteiger partial charge in [0.05, 0.1) is 29.1 Å². The van der Waals surface area contributed by atoms with E-state index in [1.54, 1.807) is 7.11 Å². The number of nitrogens with zero attached hydrogens (tertiary/aromatic N) is 4. The average Bonchev–Trinajstić information content (AvgIpc) is 3.34. The highest BCUT2D eigenvalue weighted by molar-refractivity contribution is 7.13. The highest BCUT2D eigenvalue weighted by Crippen LogP contribution is 2.36. The lowest BCUT2D eigenvalue weighted by Crippen LogP contribution is -2.08. The van der Waals surface area contributed by atoms with Gasteiger partial charge in [0, 0.05) is 10.9 Å². The molecule has 2 N–H and O–H groups in total. The summed E-state index contributed by atoms with van der Waals surface area (Å²) in [6, 6.07) is 10.3. The van der Waals surface area contributed by atoms with Crippen LogP contribution in [-0.2, 0) is 6.18 Å². The molecule has 2 aromatic carbocycles. The van der Waals surface area contributed by atoms with Crippen molar-refractivity contribution < 1.29 is 17.9 Å². The Morgan fingerprint density at radius 1 is 1.13 bits per heavy atom. The molecular weight excluding hydrogens is 439 g/mol. The summed E-state index contributed by atoms with van der Waals surface area (Å²) in [5, 5.41) is 10.3. The highest BCUT2D eigenvalue weighted by atomic mass is 35.5. The van der Waals surface area contributed by atoms with Crippen LogP contribution in [0, 0.1) is 0 Å². The predicted octanol–water partition coefficient (Wildman–Crippen LogP) is 5.32. The van der Waals surface area contributed by atoms with Gasteiger partial charge in [-0.3, -0.25) is 0 Å². The van der Waals surface area contributed by atoms with E-state index in [-0.39, 0.29) is 22.2 Å². The summed E-state index contributed by atoms with van der Waals surface area (Å²) in [6.07, 6.45) is -4.53. The van der Waals surface area contributed by atoms with Crippen molar-refractivity contribution in [3.8, 4) is 33.4 Å². The number of nitrogens with two attached hydrogens (primary N) is 1. The van der Waals surface area contributed by atoms with Crippen molar-refractivity contribution in [3.63, 3.8) is 0 Å². The number of alkyl halides is 3. The molecule has 0 radical (unpaired) electrons. The second kappa shape index (κ2) is 7.62. The van der Waals surface area contributed by atoms with E-state index in [2.05, 4.69) is 15.3 Å². The maximum atomic E-state index is 13.1. The van der Waals surface area contributed by atoms with Crippen LogP contribution in [-0.4, -0.2) is 27.1 Å². The molecule has 0 saturated carbocycles. The van der Waals surface area contributed by atoms with E-state index in [0.29, 0.717) is 10.7 Å². The Hall–Kier alpha value is -3.11. The number of ether oxygens (including phenoxy) is 1. The van der Waals surface area contributed by atoms with Gasteiger partial charge in [0.15, 0.2) is 11.5 Å². The summed E-state index contributed by atoms with van der Waals surface area (Å²) in [6.45, 7) is 0. The van der Waals surface area contributed by atoms with Gasteiger partial charge in [0.25, 0.3) is 0 Å². The second-order valence-corrected chi connectivity index (χ2v) is 7.43. The topological polar surface area (TPSA) is 78.9 Å². The Kier molecular flexibility index (Phi) is 5.12. The molecule has 30 heavy (non-hydrogen) atoms. The number of hydrogen-bond donors (Lipinski definition) is 1. The largest absolute Gasteiger partial charge is 0.497 e. The fraction of sp³-hybridized carbons (Fsp3) is 0.105. The van der Waals surface area contributed by atoms with Crippen molar-refractivity contribution in [1.82, 2.24) is 20.0 Å². The number of nitrogen functional groups attached to an aromatic ring is 1. The first-order valence-corrected chi connectivity index (χ1v) is 9.72. The number of benzene rings is 2. The number of rotatable bonds is 4. The fourth-order valence-electron chi connectivity index (χ4n) is 2.75. The Balaban J connectivity index is 1.70. The van der Waals surface area contributed by atoms with Crippen LogP contribution in [0.5, 0.6) is 5.75 Å². The first-order chi connectivity index (χ1) is 14.3. The van der Waals surface area contributed by atoms with Crippen molar-refractivity contribution in [2.75, 3.05) is 12.8 Å². The van der Waals surface area contributed by atoms with Crippen molar-refractivity contribution in [2.45, 2.75) is 6.18 Å². The number of methoxy groups -OCH3 is 1. The van der Waals surface area contributed by atoms with Gasteiger partial charge >= 0.3 is 6.18 Å². The van der Waals surface area contributed by atoms with Crippen LogP contribution in [0.4, 0.5) is 19.0 Å². The molecule has 0 atom stereocenters. The predicted molar refractivity (Wildman–Crippen MR) is 109 cm³/mol. The molecule has 0 amide bonds. The molecule has 6 nitrogen and oxygen atoms in total. The number of anilines is 1. The number of hydrogen-bond acceptors (Lipinski definition) is 6. The maximum absolute atomic E-state index is 13.1. The molecule has 2 aromatic heterocycles. The molecule has 0 aliphatic rings. The number of halogens is 4. The first kappa shape index (κ1) is 20.2. The van der Waals surface area contributed by atoms with Crippen LogP contribution in [0.2, 0.25) is 5.02 Å². The molecule has 4 rings (SSSR count). The molecule has 0 aliphatic carbocycles. The second-order valence-electron chi connectivity index (χ2n) is 6.17. The van der Waals surface area contributed by atoms with Crippen LogP contribution >= 0.6 is 22.9 Å². The third-order valence-corrected chi connectivity index (χ3v) is 5.47. The monoisotopic (exact) mass is 451 g/mol. The van der Waals surface area contributed by atoms with Gasteiger partial charge in [-0.25, -0.2) is 4.98 Å². The van der Waals surface area contributed by atoms with E-state index in [1.807, 2.05) is 29.6 Å². The Labute approximate surface area is 177 Å². The maximum Gasteiger partial charge on any atom is 0.416 e. The zero-order valence-corrected chi connectivity index (χ0v) is 16.9. The van der Waals surface area contributed by atoms with Crippen molar-refractivity contribution in [1.29, 1.82) is 0 Å². The van der Waals surface area contributed by atoms with Crippen molar-refractivity contribution in [2.24, 2.45) is 0 Å². The van der Waals surface area contributed by atoms with Crippen LogP contribution in [0.1, 0.15) is 5.56 Å². The third kappa shape index (κ3) is 3.71. The molecule has 0 fully saturated rings. The molecule has 154 valence electrons. The van der Waals surface area contributed by atoms with E-state index in [9.17, 15) is 13.2 Å². The summed E-state index contributed by atoms with van der Waals surface area (Å²) >= 11 is 7.37. The van der Waals surface area contributed by atoms with Crippen LogP contribution in [0.15, 0.2) is 47.8 Å². The fourth-order valence-corrected chi connectivity index (χ4v) is 3.77. The van der Waals surface area contributed by atoms with Crippen molar-refractivity contribution in [3.05, 3.63) is 58.4 Å². The van der Waals surface area contributed by atoms with E-state index in [4.69, 9.17) is 22.1 Å². The first-order valence-electron chi connectivity index (χ1n) is 8.46. The van der Waals surface area contributed by atoms with Gasteiger partial charge in [-0.1, -0.05) is 16.8 Å². The van der Waals surface area contributed by atoms with E-state index in [1.165, 1.54) is 11.3 Å². The lowest BCUT2D eigenvalue weighted by Gasteiger charge is -2.11. The van der Waals surface area contributed by atoms with E-state index >= 15 is 0 Å². The van der Waals surface area contributed by atoms with Gasteiger partial charge in [0.1, 0.15) is 10.8 Å². The Bertz CT molecular complexity index is 1200. The molecule has 2 heterocycles. The summed E-state index contributed by atoms with van der Waals surface area (Å²) in [7, 11) is 1.58. The van der Waals surface area contributed by atoms with Gasteiger partial charge in [-0.15, -0.1) is 16.4 Å². The van der Waals surface area contributed by atoms with Gasteiger partial charge < -0.3 is 10.5 Å². The van der Waals surface area contributed by atoms with Gasteiger partial charge in [0.2, 0.25) is 0 Å². The molecule has 0 aliphatic heterocycles. The Morgan fingerprint density at radius 2 is 1.87 bits per heavy atom. The minimum atomic E-state index is -4.53. The zero-order chi connectivity index (χ0) is 21.5. The number of aromatic nitrogens is 4. The summed E-state index contributed by atoms with van der Waals surface area (Å²) in [5.74, 6) is 0.756. The number of thiazole rings is 1. The quantitative estimate of drug-likeness (QED) is 0.454. The molecule has 0 spiro atoms. The smallest absolute Gasteiger partial charge is 0.416 e. The molecule has 11 heteroatoms. The summed E-state index contributed by atoms with van der Waals surface area (Å²) in [4.78, 5) is 4.52. The summed E-state index contributed by atoms with van der Waals surface area (Å²) in [5.41, 5.74) is 7.07. The molecule has 0 saturated heterocycles. The van der Waals surface area contributed by atoms with E-state index < -0.39 is 11.7 Å². The molecular formula is C19H13ClF3N5OS. The highest BCUT2D eigenvalue weighted by Gasteiger charge is 2.31. The minimum absolute atomic E-state index is 0.0188. The SMILES string of the molecule is COc1ccc(-c2csc(-c3nnn(-c4cc(C(F)(F)F)ccc4Cl)c3N)n2)cc1. The van der Waals surface area contributed by atoms with Crippen molar-refractivity contribution >= 4 is 28.8 Å². The Morgan fingerprint density at radius 3 is 2.53 bits per heavy atom. The molecule has 0 unspecified atom stereocenters. The minimum Gasteiger partial charge on any atom is -0.497 e. The van der Waals surface area contributed by atoms with Crippen LogP contribution < -0.4 is 10.5 Å². The normalized spacial score (nSPS) is 11.6.